The normalized spacial score (nSPS) is 16.5. The summed E-state index contributed by atoms with van der Waals surface area (Å²) in [4.78, 5) is 15.1. The highest BCUT2D eigenvalue weighted by molar-refractivity contribution is 7.89. The molecule has 1 aromatic heterocycles. The van der Waals surface area contributed by atoms with Crippen LogP contribution in [0.1, 0.15) is 18.4 Å². The first kappa shape index (κ1) is 24.8. The van der Waals surface area contributed by atoms with Gasteiger partial charge in [0.15, 0.2) is 0 Å². The molecule has 0 saturated heterocycles. The quantitative estimate of drug-likeness (QED) is 0.520. The van der Waals surface area contributed by atoms with Crippen molar-refractivity contribution in [2.24, 2.45) is 5.92 Å². The lowest BCUT2D eigenvalue weighted by Crippen LogP contribution is -2.33. The number of pyridine rings is 1. The van der Waals surface area contributed by atoms with Crippen molar-refractivity contribution in [2.45, 2.75) is 29.2 Å². The number of hydrogen-bond acceptors (Lipinski definition) is 6. The van der Waals surface area contributed by atoms with E-state index in [9.17, 15) is 21.6 Å². The zero-order valence-electron chi connectivity index (χ0n) is 18.0. The molecule has 33 heavy (non-hydrogen) atoms. The highest BCUT2D eigenvalue weighted by atomic mass is 32.2. The number of aromatic nitrogens is 1. The average molecular weight is 492 g/mol. The van der Waals surface area contributed by atoms with Crippen LogP contribution in [-0.4, -0.2) is 50.8 Å². The Bertz CT molecular complexity index is 1250. The molecule has 1 aliphatic rings. The molecule has 3 rings (SSSR count). The Kier molecular flexibility index (Phi) is 7.80. The molecule has 0 radical (unpaired) electrons. The van der Waals surface area contributed by atoms with Crippen LogP contribution in [-0.2, 0) is 31.4 Å². The number of allylic oxidation sites excluding steroid dienone is 2. The Morgan fingerprint density at radius 3 is 2.45 bits per heavy atom. The van der Waals surface area contributed by atoms with Crippen LogP contribution in [0, 0.1) is 5.92 Å². The van der Waals surface area contributed by atoms with E-state index in [4.69, 9.17) is 5.11 Å². The van der Waals surface area contributed by atoms with E-state index in [-0.39, 0.29) is 35.2 Å². The van der Waals surface area contributed by atoms with Gasteiger partial charge in [0.25, 0.3) is 0 Å². The lowest BCUT2D eigenvalue weighted by molar-refractivity contribution is -0.137. The van der Waals surface area contributed by atoms with Crippen molar-refractivity contribution in [1.82, 2.24) is 14.0 Å². The van der Waals surface area contributed by atoms with Gasteiger partial charge in [-0.1, -0.05) is 30.4 Å². The molecule has 176 valence electrons. The minimum Gasteiger partial charge on any atom is -0.481 e. The number of carboxylic acid groups (broad SMARTS) is 1. The maximum Gasteiger partial charge on any atom is 0.303 e. The number of sulfonamides is 2. The van der Waals surface area contributed by atoms with E-state index in [2.05, 4.69) is 9.71 Å². The number of nitrogens with one attached hydrogen (secondary N) is 1. The van der Waals surface area contributed by atoms with Gasteiger partial charge in [0.1, 0.15) is 4.90 Å². The van der Waals surface area contributed by atoms with E-state index in [1.54, 1.807) is 24.3 Å². The van der Waals surface area contributed by atoms with Crippen molar-refractivity contribution in [3.8, 4) is 0 Å². The molecule has 0 spiro atoms. The molecule has 11 heteroatoms. The number of aliphatic carboxylic acids is 1. The summed E-state index contributed by atoms with van der Waals surface area (Å²) in [7, 11) is -6.23. The van der Waals surface area contributed by atoms with Crippen LogP contribution < -0.4 is 4.72 Å². The first-order chi connectivity index (χ1) is 15.6. The second kappa shape index (κ2) is 10.4. The fourth-order valence-electron chi connectivity index (χ4n) is 3.47. The molecule has 2 aromatic rings. The SMILES string of the molecule is CNS(=O)(=O)c1ccc(CN(CC2=CC(CC(=O)O)CC=C2)S(=O)(=O)c2cccnc2)cc1. The van der Waals surface area contributed by atoms with E-state index in [1.807, 2.05) is 6.08 Å². The molecule has 1 aromatic carbocycles. The number of benzene rings is 1. The van der Waals surface area contributed by atoms with Gasteiger partial charge in [0.05, 0.1) is 11.3 Å². The number of hydrogen-bond donors (Lipinski definition) is 2. The predicted octanol–water partition coefficient (Wildman–Crippen LogP) is 2.16. The van der Waals surface area contributed by atoms with Gasteiger partial charge in [-0.15, -0.1) is 0 Å². The minimum absolute atomic E-state index is 0.00805. The summed E-state index contributed by atoms with van der Waals surface area (Å²) in [6.07, 6.45) is 8.72. The van der Waals surface area contributed by atoms with E-state index < -0.39 is 26.0 Å². The van der Waals surface area contributed by atoms with Gasteiger partial charge in [-0.05, 0) is 54.8 Å². The smallest absolute Gasteiger partial charge is 0.303 e. The molecule has 0 fully saturated rings. The topological polar surface area (TPSA) is 134 Å². The number of carboxylic acids is 1. The van der Waals surface area contributed by atoms with Gasteiger partial charge < -0.3 is 5.11 Å². The molecule has 0 saturated carbocycles. The third-order valence-electron chi connectivity index (χ3n) is 5.15. The standard InChI is InChI=1S/C22H25N3O6S2/c1-23-32(28,29)20-9-7-17(8-10-20)15-25(33(30,31)21-6-3-11-24-14-21)16-19-5-2-4-18(12-19)13-22(26)27/h2-3,5-12,14,18,23H,4,13,15-16H2,1H3,(H,26,27). The molecular formula is C22H25N3O6S2. The van der Waals surface area contributed by atoms with Gasteiger partial charge in [-0.25, -0.2) is 21.6 Å². The predicted molar refractivity (Wildman–Crippen MR) is 122 cm³/mol. The Morgan fingerprint density at radius 2 is 1.85 bits per heavy atom. The van der Waals surface area contributed by atoms with E-state index >= 15 is 0 Å². The fraction of sp³-hybridized carbons (Fsp3) is 0.273. The second-order valence-electron chi connectivity index (χ2n) is 7.55. The maximum atomic E-state index is 13.4. The third kappa shape index (κ3) is 6.35. The van der Waals surface area contributed by atoms with Gasteiger partial charge in [-0.3, -0.25) is 9.78 Å². The van der Waals surface area contributed by atoms with Gasteiger partial charge >= 0.3 is 5.97 Å². The lowest BCUT2D eigenvalue weighted by Gasteiger charge is -2.25. The van der Waals surface area contributed by atoms with Crippen LogP contribution in [0.4, 0.5) is 0 Å². The van der Waals surface area contributed by atoms with Crippen molar-refractivity contribution >= 4 is 26.0 Å². The van der Waals surface area contributed by atoms with Crippen LogP contribution >= 0.6 is 0 Å². The monoisotopic (exact) mass is 491 g/mol. The van der Waals surface area contributed by atoms with Gasteiger partial charge in [-0.2, -0.15) is 4.31 Å². The summed E-state index contributed by atoms with van der Waals surface area (Å²) in [5.74, 6) is -1.13. The third-order valence-corrected chi connectivity index (χ3v) is 8.36. The molecule has 1 unspecified atom stereocenters. The molecule has 9 nitrogen and oxygen atoms in total. The summed E-state index contributed by atoms with van der Waals surface area (Å²) in [6, 6.07) is 8.95. The summed E-state index contributed by atoms with van der Waals surface area (Å²) in [5.41, 5.74) is 1.29. The van der Waals surface area contributed by atoms with E-state index in [1.165, 1.54) is 48.0 Å². The molecule has 1 aliphatic carbocycles. The maximum absolute atomic E-state index is 13.4. The zero-order valence-corrected chi connectivity index (χ0v) is 19.6. The van der Waals surface area contributed by atoms with Crippen molar-refractivity contribution in [3.05, 3.63) is 78.2 Å². The van der Waals surface area contributed by atoms with Crippen LogP contribution in [0.15, 0.2) is 82.4 Å². The molecule has 1 atom stereocenters. The Hall–Kier alpha value is -2.86. The fourth-order valence-corrected chi connectivity index (χ4v) is 5.58. The first-order valence-electron chi connectivity index (χ1n) is 10.1. The molecule has 0 aliphatic heterocycles. The summed E-state index contributed by atoms with van der Waals surface area (Å²) in [6.45, 7) is 0.0201. The van der Waals surface area contributed by atoms with Crippen molar-refractivity contribution in [3.63, 3.8) is 0 Å². The number of carbonyl (C=O) groups is 1. The van der Waals surface area contributed by atoms with Crippen LogP contribution in [0.25, 0.3) is 0 Å². The molecular weight excluding hydrogens is 466 g/mol. The first-order valence-corrected chi connectivity index (χ1v) is 13.1. The van der Waals surface area contributed by atoms with Gasteiger partial charge in [0.2, 0.25) is 20.0 Å². The van der Waals surface area contributed by atoms with Crippen molar-refractivity contribution in [1.29, 1.82) is 0 Å². The summed E-state index contributed by atoms with van der Waals surface area (Å²) < 4.78 is 54.2. The molecule has 1 heterocycles. The Morgan fingerprint density at radius 1 is 1.12 bits per heavy atom. The minimum atomic E-state index is -3.93. The highest BCUT2D eigenvalue weighted by Crippen LogP contribution is 2.25. The highest BCUT2D eigenvalue weighted by Gasteiger charge is 2.26. The van der Waals surface area contributed by atoms with E-state index in [0.29, 0.717) is 17.6 Å². The largest absolute Gasteiger partial charge is 0.481 e. The summed E-state index contributed by atoms with van der Waals surface area (Å²) >= 11 is 0. The zero-order chi connectivity index (χ0) is 24.1. The summed E-state index contributed by atoms with van der Waals surface area (Å²) in [5, 5.41) is 9.09. The van der Waals surface area contributed by atoms with Crippen molar-refractivity contribution < 1.29 is 26.7 Å². The van der Waals surface area contributed by atoms with E-state index in [0.717, 1.165) is 0 Å². The molecule has 0 amide bonds. The Balaban J connectivity index is 1.92. The van der Waals surface area contributed by atoms with Crippen molar-refractivity contribution in [2.75, 3.05) is 13.6 Å². The lowest BCUT2D eigenvalue weighted by atomic mass is 9.93. The van der Waals surface area contributed by atoms with Crippen LogP contribution in [0.3, 0.4) is 0 Å². The van der Waals surface area contributed by atoms with Gasteiger partial charge in [0, 0.05) is 25.5 Å². The molecule has 0 bridgehead atoms. The average Bonchev–Trinajstić information content (AvgIpc) is 2.79. The second-order valence-corrected chi connectivity index (χ2v) is 11.4. The number of nitrogens with zero attached hydrogens (tertiary/aromatic N) is 2. The van der Waals surface area contributed by atoms with Crippen LogP contribution in [0.2, 0.25) is 0 Å². The number of rotatable bonds is 10. The molecule has 2 N–H and O–H groups in total. The Labute approximate surface area is 193 Å². The van der Waals surface area contributed by atoms with Crippen LogP contribution in [0.5, 0.6) is 0 Å².